The summed E-state index contributed by atoms with van der Waals surface area (Å²) >= 11 is 0. The maximum Gasteiger partial charge on any atom is 0.0726 e. The van der Waals surface area contributed by atoms with E-state index in [1.165, 1.54) is 17.0 Å². The molecule has 15 heavy (non-hydrogen) atoms. The third-order valence-corrected chi connectivity index (χ3v) is 2.86. The first-order valence-corrected chi connectivity index (χ1v) is 5.03. The molecule has 0 aromatic carbocycles. The number of anilines is 1. The van der Waals surface area contributed by atoms with Crippen LogP contribution in [0.4, 0.5) is 5.69 Å². The van der Waals surface area contributed by atoms with E-state index in [1.807, 2.05) is 6.20 Å². The summed E-state index contributed by atoms with van der Waals surface area (Å²) in [7, 11) is 2.09. The van der Waals surface area contributed by atoms with Gasteiger partial charge in [0.1, 0.15) is 0 Å². The maximum absolute atomic E-state index is 3.89. The first-order chi connectivity index (χ1) is 7.18. The number of aromatic nitrogens is 3. The van der Waals surface area contributed by atoms with Gasteiger partial charge in [-0.25, -0.2) is 0 Å². The molecular weight excluding hydrogens is 188 g/mol. The third kappa shape index (κ3) is 1.88. The molecule has 4 heteroatoms. The highest BCUT2D eigenvalue weighted by molar-refractivity contribution is 5.39. The van der Waals surface area contributed by atoms with Crippen LogP contribution < -0.4 is 5.32 Å². The molecule has 0 aliphatic carbocycles. The second kappa shape index (κ2) is 3.81. The van der Waals surface area contributed by atoms with Crippen molar-refractivity contribution >= 4 is 5.69 Å². The molecule has 0 amide bonds. The van der Waals surface area contributed by atoms with Gasteiger partial charge in [-0.05, 0) is 25.5 Å². The summed E-state index contributed by atoms with van der Waals surface area (Å²) < 4.78 is 2.20. The van der Waals surface area contributed by atoms with Crippen LogP contribution >= 0.6 is 0 Å². The van der Waals surface area contributed by atoms with Gasteiger partial charge in [-0.2, -0.15) is 5.10 Å². The molecule has 2 aromatic rings. The standard InChI is InChI=1S/C11H16N4/c1-8-4-10(9(2)15(8)3)5-12-11-6-13-14-7-11/h4,6-7,12H,5H2,1-3H3,(H,13,14). The maximum atomic E-state index is 3.89. The zero-order valence-electron chi connectivity index (χ0n) is 9.33. The normalized spacial score (nSPS) is 10.6. The Kier molecular flexibility index (Phi) is 2.49. The van der Waals surface area contributed by atoms with Gasteiger partial charge >= 0.3 is 0 Å². The van der Waals surface area contributed by atoms with Crippen molar-refractivity contribution in [2.45, 2.75) is 20.4 Å². The summed E-state index contributed by atoms with van der Waals surface area (Å²) in [4.78, 5) is 0. The Morgan fingerprint density at radius 2 is 2.27 bits per heavy atom. The van der Waals surface area contributed by atoms with Crippen molar-refractivity contribution in [3.05, 3.63) is 35.4 Å². The van der Waals surface area contributed by atoms with Crippen LogP contribution in [0, 0.1) is 13.8 Å². The van der Waals surface area contributed by atoms with E-state index in [1.54, 1.807) is 6.20 Å². The molecule has 0 saturated heterocycles. The van der Waals surface area contributed by atoms with Crippen LogP contribution in [0.2, 0.25) is 0 Å². The first-order valence-electron chi connectivity index (χ1n) is 5.03. The molecule has 2 aromatic heterocycles. The summed E-state index contributed by atoms with van der Waals surface area (Å²) in [5.74, 6) is 0. The lowest BCUT2D eigenvalue weighted by Gasteiger charge is -2.04. The topological polar surface area (TPSA) is 45.6 Å². The highest BCUT2D eigenvalue weighted by atomic mass is 15.1. The Bertz CT molecular complexity index is 439. The molecule has 0 saturated carbocycles. The van der Waals surface area contributed by atoms with Crippen LogP contribution in [0.5, 0.6) is 0 Å². The predicted octanol–water partition coefficient (Wildman–Crippen LogP) is 1.98. The molecule has 0 radical (unpaired) electrons. The Hall–Kier alpha value is -1.71. The molecule has 0 spiro atoms. The quantitative estimate of drug-likeness (QED) is 0.803. The Balaban J connectivity index is 2.08. The summed E-state index contributed by atoms with van der Waals surface area (Å²) in [5.41, 5.74) is 4.95. The van der Waals surface area contributed by atoms with Crippen molar-refractivity contribution in [3.63, 3.8) is 0 Å². The summed E-state index contributed by atoms with van der Waals surface area (Å²) in [6.07, 6.45) is 3.64. The molecule has 0 bridgehead atoms. The van der Waals surface area contributed by atoms with Gasteiger partial charge in [-0.15, -0.1) is 0 Å². The van der Waals surface area contributed by atoms with Gasteiger partial charge in [0.05, 0.1) is 11.9 Å². The fourth-order valence-electron chi connectivity index (χ4n) is 1.66. The van der Waals surface area contributed by atoms with E-state index < -0.39 is 0 Å². The molecule has 0 unspecified atom stereocenters. The third-order valence-electron chi connectivity index (χ3n) is 2.86. The van der Waals surface area contributed by atoms with Crippen molar-refractivity contribution < 1.29 is 0 Å². The van der Waals surface area contributed by atoms with E-state index >= 15 is 0 Å². The minimum absolute atomic E-state index is 0.840. The van der Waals surface area contributed by atoms with Crippen molar-refractivity contribution in [1.29, 1.82) is 0 Å². The van der Waals surface area contributed by atoms with Gasteiger partial charge in [0.2, 0.25) is 0 Å². The Morgan fingerprint density at radius 1 is 1.47 bits per heavy atom. The highest BCUT2D eigenvalue weighted by Gasteiger charge is 2.05. The van der Waals surface area contributed by atoms with E-state index in [2.05, 4.69) is 47.0 Å². The molecule has 0 aliphatic heterocycles. The molecule has 0 aliphatic rings. The largest absolute Gasteiger partial charge is 0.378 e. The van der Waals surface area contributed by atoms with Gasteiger partial charge in [0, 0.05) is 31.2 Å². The minimum Gasteiger partial charge on any atom is -0.378 e. The summed E-state index contributed by atoms with van der Waals surface area (Å²) in [6, 6.07) is 2.21. The highest BCUT2D eigenvalue weighted by Crippen LogP contribution is 2.14. The monoisotopic (exact) mass is 204 g/mol. The minimum atomic E-state index is 0.840. The van der Waals surface area contributed by atoms with E-state index in [0.717, 1.165) is 12.2 Å². The number of rotatable bonds is 3. The lowest BCUT2D eigenvalue weighted by molar-refractivity contribution is 0.837. The molecule has 0 atom stereocenters. The number of nitrogens with one attached hydrogen (secondary N) is 2. The number of hydrogen-bond donors (Lipinski definition) is 2. The molecule has 0 fully saturated rings. The summed E-state index contributed by atoms with van der Waals surface area (Å²) in [5, 5.41) is 9.98. The SMILES string of the molecule is Cc1cc(CNc2cn[nH]c2)c(C)n1C. The average molecular weight is 204 g/mol. The second-order valence-electron chi connectivity index (χ2n) is 3.80. The molecule has 2 N–H and O–H groups in total. The molecule has 4 nitrogen and oxygen atoms in total. The van der Waals surface area contributed by atoms with E-state index in [-0.39, 0.29) is 0 Å². The van der Waals surface area contributed by atoms with E-state index in [4.69, 9.17) is 0 Å². The van der Waals surface area contributed by atoms with Gasteiger partial charge in [0.25, 0.3) is 0 Å². The number of nitrogens with zero attached hydrogens (tertiary/aromatic N) is 2. The Morgan fingerprint density at radius 3 is 2.80 bits per heavy atom. The fraction of sp³-hybridized carbons (Fsp3) is 0.364. The zero-order chi connectivity index (χ0) is 10.8. The smallest absolute Gasteiger partial charge is 0.0726 e. The van der Waals surface area contributed by atoms with Crippen molar-refractivity contribution in [1.82, 2.24) is 14.8 Å². The Labute approximate surface area is 89.3 Å². The van der Waals surface area contributed by atoms with Gasteiger partial charge < -0.3 is 9.88 Å². The summed E-state index contributed by atoms with van der Waals surface area (Å²) in [6.45, 7) is 5.10. The average Bonchev–Trinajstić information content (AvgIpc) is 2.80. The number of H-pyrrole nitrogens is 1. The first kappa shape index (κ1) is 9.83. The van der Waals surface area contributed by atoms with Crippen molar-refractivity contribution in [3.8, 4) is 0 Å². The van der Waals surface area contributed by atoms with E-state index in [0.29, 0.717) is 0 Å². The van der Waals surface area contributed by atoms with E-state index in [9.17, 15) is 0 Å². The van der Waals surface area contributed by atoms with Crippen LogP contribution in [-0.2, 0) is 13.6 Å². The number of aromatic amines is 1. The van der Waals surface area contributed by atoms with Gasteiger partial charge in [-0.1, -0.05) is 0 Å². The molecule has 2 rings (SSSR count). The molecular formula is C11H16N4. The van der Waals surface area contributed by atoms with Crippen LogP contribution in [0.3, 0.4) is 0 Å². The molecule has 80 valence electrons. The zero-order valence-corrected chi connectivity index (χ0v) is 9.33. The van der Waals surface area contributed by atoms with Crippen molar-refractivity contribution in [2.75, 3.05) is 5.32 Å². The van der Waals surface area contributed by atoms with Crippen LogP contribution in [0.15, 0.2) is 18.5 Å². The lowest BCUT2D eigenvalue weighted by atomic mass is 10.2. The fourth-order valence-corrected chi connectivity index (χ4v) is 1.66. The van der Waals surface area contributed by atoms with Crippen molar-refractivity contribution in [2.24, 2.45) is 7.05 Å². The van der Waals surface area contributed by atoms with Gasteiger partial charge in [-0.3, -0.25) is 5.10 Å². The van der Waals surface area contributed by atoms with Crippen LogP contribution in [0.1, 0.15) is 17.0 Å². The lowest BCUT2D eigenvalue weighted by Crippen LogP contribution is -2.00. The van der Waals surface area contributed by atoms with Gasteiger partial charge in [0.15, 0.2) is 0 Å². The molecule has 2 heterocycles. The number of hydrogen-bond acceptors (Lipinski definition) is 2. The van der Waals surface area contributed by atoms with Crippen LogP contribution in [0.25, 0.3) is 0 Å². The predicted molar refractivity (Wildman–Crippen MR) is 60.8 cm³/mol. The number of aryl methyl sites for hydroxylation is 1. The second-order valence-corrected chi connectivity index (χ2v) is 3.80. The van der Waals surface area contributed by atoms with Crippen LogP contribution in [-0.4, -0.2) is 14.8 Å².